The molecule has 1 saturated heterocycles. The highest BCUT2D eigenvalue weighted by Gasteiger charge is 2.42. The Kier molecular flexibility index (Phi) is 4.91. The van der Waals surface area contributed by atoms with Gasteiger partial charge in [-0.05, 0) is 36.1 Å². The molecule has 5 rings (SSSR count). The van der Waals surface area contributed by atoms with Gasteiger partial charge in [0.25, 0.3) is 0 Å². The molecular formula is C23H21F3N4O2. The van der Waals surface area contributed by atoms with E-state index in [0.717, 1.165) is 18.4 Å². The van der Waals surface area contributed by atoms with Crippen LogP contribution in [-0.2, 0) is 15.8 Å². The fourth-order valence-electron chi connectivity index (χ4n) is 4.25. The highest BCUT2D eigenvalue weighted by molar-refractivity contribution is 5.90. The van der Waals surface area contributed by atoms with Crippen molar-refractivity contribution < 1.29 is 22.8 Å². The van der Waals surface area contributed by atoms with Gasteiger partial charge in [0.05, 0.1) is 23.0 Å². The summed E-state index contributed by atoms with van der Waals surface area (Å²) in [6.07, 6.45) is -2.43. The van der Waals surface area contributed by atoms with Crippen molar-refractivity contribution in [1.82, 2.24) is 20.2 Å². The molecule has 9 heteroatoms. The van der Waals surface area contributed by atoms with Crippen LogP contribution in [0.15, 0.2) is 48.5 Å². The molecule has 0 spiro atoms. The van der Waals surface area contributed by atoms with E-state index in [1.807, 2.05) is 30.3 Å². The number of hydrogen-bond donors (Lipinski definition) is 2. The first-order valence-electron chi connectivity index (χ1n) is 10.5. The van der Waals surface area contributed by atoms with Gasteiger partial charge in [-0.2, -0.15) is 13.2 Å². The highest BCUT2D eigenvalue weighted by atomic mass is 19.4. The van der Waals surface area contributed by atoms with Crippen molar-refractivity contribution in [1.29, 1.82) is 0 Å². The van der Waals surface area contributed by atoms with E-state index in [9.17, 15) is 22.8 Å². The van der Waals surface area contributed by atoms with Gasteiger partial charge in [-0.3, -0.25) is 9.59 Å². The average Bonchev–Trinajstić information content (AvgIpc) is 3.38. The second-order valence-corrected chi connectivity index (χ2v) is 8.39. The molecule has 1 saturated carbocycles. The summed E-state index contributed by atoms with van der Waals surface area (Å²) >= 11 is 0. The van der Waals surface area contributed by atoms with Crippen molar-refractivity contribution in [2.45, 2.75) is 37.5 Å². The number of amides is 2. The van der Waals surface area contributed by atoms with Crippen LogP contribution >= 0.6 is 0 Å². The SMILES string of the molecule is O=C(N[C@H](c1ccccc1)c1ccc2nc(C(F)(F)F)[nH]c2c1)[C@H]1CC(=O)N(C2CC2)C1. The van der Waals surface area contributed by atoms with E-state index in [0.29, 0.717) is 12.1 Å². The number of rotatable bonds is 5. The number of aromatic nitrogens is 2. The zero-order valence-electron chi connectivity index (χ0n) is 17.0. The number of fused-ring (bicyclic) bond motifs is 1. The third-order valence-electron chi connectivity index (χ3n) is 6.04. The van der Waals surface area contributed by atoms with Gasteiger partial charge in [-0.1, -0.05) is 36.4 Å². The zero-order valence-corrected chi connectivity index (χ0v) is 17.0. The minimum atomic E-state index is -4.57. The Hall–Kier alpha value is -3.36. The zero-order chi connectivity index (χ0) is 22.5. The predicted molar refractivity (Wildman–Crippen MR) is 110 cm³/mol. The van der Waals surface area contributed by atoms with Crippen molar-refractivity contribution in [2.75, 3.05) is 6.54 Å². The van der Waals surface area contributed by atoms with E-state index >= 15 is 0 Å². The van der Waals surface area contributed by atoms with E-state index in [2.05, 4.69) is 15.3 Å². The van der Waals surface area contributed by atoms with Crippen LogP contribution in [0.25, 0.3) is 11.0 Å². The van der Waals surface area contributed by atoms with Gasteiger partial charge in [-0.15, -0.1) is 0 Å². The lowest BCUT2D eigenvalue weighted by Gasteiger charge is -2.22. The molecule has 1 aromatic heterocycles. The van der Waals surface area contributed by atoms with Crippen LogP contribution in [-0.4, -0.2) is 39.3 Å². The summed E-state index contributed by atoms with van der Waals surface area (Å²) in [7, 11) is 0. The summed E-state index contributed by atoms with van der Waals surface area (Å²) in [6, 6.07) is 13.6. The van der Waals surface area contributed by atoms with E-state index < -0.39 is 24.0 Å². The lowest BCUT2D eigenvalue weighted by Crippen LogP contribution is -2.36. The van der Waals surface area contributed by atoms with Gasteiger partial charge in [0.15, 0.2) is 0 Å². The molecule has 2 heterocycles. The Morgan fingerprint density at radius 2 is 1.88 bits per heavy atom. The molecule has 1 aliphatic heterocycles. The number of carbonyl (C=O) groups excluding carboxylic acids is 2. The van der Waals surface area contributed by atoms with Crippen molar-refractivity contribution >= 4 is 22.8 Å². The third kappa shape index (κ3) is 3.94. The Bertz CT molecular complexity index is 1170. The van der Waals surface area contributed by atoms with E-state index in [1.165, 1.54) is 6.07 Å². The van der Waals surface area contributed by atoms with Gasteiger partial charge in [-0.25, -0.2) is 4.98 Å². The van der Waals surface area contributed by atoms with Gasteiger partial charge >= 0.3 is 6.18 Å². The Morgan fingerprint density at radius 3 is 2.56 bits per heavy atom. The minimum absolute atomic E-state index is 0.00229. The van der Waals surface area contributed by atoms with Gasteiger partial charge in [0.2, 0.25) is 17.6 Å². The molecule has 2 N–H and O–H groups in total. The van der Waals surface area contributed by atoms with Crippen molar-refractivity contribution in [2.24, 2.45) is 5.92 Å². The summed E-state index contributed by atoms with van der Waals surface area (Å²) in [4.78, 5) is 33.1. The minimum Gasteiger partial charge on any atom is -0.345 e. The molecule has 166 valence electrons. The maximum absolute atomic E-state index is 13.1. The van der Waals surface area contributed by atoms with Crippen molar-refractivity contribution in [3.63, 3.8) is 0 Å². The van der Waals surface area contributed by atoms with Gasteiger partial charge in [0, 0.05) is 19.0 Å². The molecule has 3 aromatic rings. The fourth-order valence-corrected chi connectivity index (χ4v) is 4.25. The third-order valence-corrected chi connectivity index (χ3v) is 6.04. The number of carbonyl (C=O) groups is 2. The molecule has 0 radical (unpaired) electrons. The molecule has 2 aromatic carbocycles. The topological polar surface area (TPSA) is 78.1 Å². The molecule has 6 nitrogen and oxygen atoms in total. The molecular weight excluding hydrogens is 421 g/mol. The Labute approximate surface area is 181 Å². The largest absolute Gasteiger partial charge is 0.449 e. The van der Waals surface area contributed by atoms with Crippen LogP contribution in [0.4, 0.5) is 13.2 Å². The summed E-state index contributed by atoms with van der Waals surface area (Å²) in [5, 5.41) is 3.02. The molecule has 2 aliphatic rings. The molecule has 2 atom stereocenters. The number of nitrogens with zero attached hydrogens (tertiary/aromatic N) is 2. The molecule has 2 fully saturated rings. The molecule has 0 unspecified atom stereocenters. The first-order chi connectivity index (χ1) is 15.3. The molecule has 0 bridgehead atoms. The number of hydrogen-bond acceptors (Lipinski definition) is 3. The maximum atomic E-state index is 13.1. The van der Waals surface area contributed by atoms with Crippen LogP contribution < -0.4 is 5.32 Å². The average molecular weight is 442 g/mol. The lowest BCUT2D eigenvalue weighted by atomic mass is 9.97. The highest BCUT2D eigenvalue weighted by Crippen LogP contribution is 2.34. The number of benzene rings is 2. The van der Waals surface area contributed by atoms with Crippen LogP contribution in [0.2, 0.25) is 0 Å². The van der Waals surface area contributed by atoms with Gasteiger partial charge < -0.3 is 15.2 Å². The summed E-state index contributed by atoms with van der Waals surface area (Å²) in [5.74, 6) is -1.74. The fraction of sp³-hybridized carbons (Fsp3) is 0.348. The normalized spacial score (nSPS) is 20.0. The summed E-state index contributed by atoms with van der Waals surface area (Å²) in [5.41, 5.74) is 1.85. The van der Waals surface area contributed by atoms with Crippen molar-refractivity contribution in [3.8, 4) is 0 Å². The number of halogens is 3. The number of likely N-dealkylation sites (tertiary alicyclic amines) is 1. The van der Waals surface area contributed by atoms with E-state index in [1.54, 1.807) is 17.0 Å². The maximum Gasteiger partial charge on any atom is 0.449 e. The second-order valence-electron chi connectivity index (χ2n) is 8.39. The number of H-pyrrole nitrogens is 1. The number of nitrogens with one attached hydrogen (secondary N) is 2. The van der Waals surface area contributed by atoms with E-state index in [4.69, 9.17) is 0 Å². The summed E-state index contributed by atoms with van der Waals surface area (Å²) in [6.45, 7) is 0.408. The summed E-state index contributed by atoms with van der Waals surface area (Å²) < 4.78 is 39.1. The van der Waals surface area contributed by atoms with Crippen LogP contribution in [0.3, 0.4) is 0 Å². The predicted octanol–water partition coefficient (Wildman–Crippen LogP) is 3.80. The van der Waals surface area contributed by atoms with E-state index in [-0.39, 0.29) is 35.3 Å². The second kappa shape index (κ2) is 7.65. The Morgan fingerprint density at radius 1 is 1.12 bits per heavy atom. The van der Waals surface area contributed by atoms with Gasteiger partial charge in [0.1, 0.15) is 0 Å². The number of aromatic amines is 1. The Balaban J connectivity index is 1.44. The monoisotopic (exact) mass is 442 g/mol. The first-order valence-corrected chi connectivity index (χ1v) is 10.5. The van der Waals surface area contributed by atoms with Crippen LogP contribution in [0.5, 0.6) is 0 Å². The van der Waals surface area contributed by atoms with Crippen LogP contribution in [0.1, 0.15) is 42.3 Å². The smallest absolute Gasteiger partial charge is 0.345 e. The number of alkyl halides is 3. The molecule has 1 aliphatic carbocycles. The first kappa shape index (κ1) is 20.5. The molecule has 2 amide bonds. The number of imidazole rings is 1. The van der Waals surface area contributed by atoms with Crippen molar-refractivity contribution in [3.05, 3.63) is 65.5 Å². The lowest BCUT2D eigenvalue weighted by molar-refractivity contribution is -0.144. The standard InChI is InChI=1S/C23H21F3N4O2/c24-23(25,26)22-27-17-9-6-14(10-18(17)28-22)20(13-4-2-1-3-5-13)29-21(32)15-11-19(31)30(12-15)16-7-8-16/h1-6,9-10,15-16,20H,7-8,11-12H2,(H,27,28)(H,29,32)/t15-,20+/m0/s1. The van der Waals surface area contributed by atoms with Crippen LogP contribution in [0, 0.1) is 5.92 Å². The molecule has 32 heavy (non-hydrogen) atoms. The quantitative estimate of drug-likeness (QED) is 0.631.